The molecule has 2 N–H and O–H groups in total. The summed E-state index contributed by atoms with van der Waals surface area (Å²) in [6.45, 7) is 6.20. The Kier molecular flexibility index (Phi) is 6.03. The van der Waals surface area contributed by atoms with E-state index in [1.807, 2.05) is 45.0 Å². The summed E-state index contributed by atoms with van der Waals surface area (Å²) in [5.74, 6) is -1.000. The Morgan fingerprint density at radius 1 is 1.25 bits per heavy atom. The van der Waals surface area contributed by atoms with Crippen molar-refractivity contribution < 1.29 is 14.7 Å². The third kappa shape index (κ3) is 4.26. The SMILES string of the molecule is CCC[C@@H](NC(=O)N(CC)c1ccc(C)cc1)C(=O)O. The number of urea groups is 1. The lowest BCUT2D eigenvalue weighted by atomic mass is 10.1. The van der Waals surface area contributed by atoms with Crippen LogP contribution >= 0.6 is 0 Å². The minimum Gasteiger partial charge on any atom is -0.480 e. The summed E-state index contributed by atoms with van der Waals surface area (Å²) >= 11 is 0. The normalized spacial score (nSPS) is 11.8. The summed E-state index contributed by atoms with van der Waals surface area (Å²) in [5.41, 5.74) is 1.87. The number of nitrogens with one attached hydrogen (secondary N) is 1. The van der Waals surface area contributed by atoms with Gasteiger partial charge in [-0.2, -0.15) is 0 Å². The van der Waals surface area contributed by atoms with Crippen molar-refractivity contribution in [3.05, 3.63) is 29.8 Å². The zero-order chi connectivity index (χ0) is 15.1. The van der Waals surface area contributed by atoms with E-state index in [-0.39, 0.29) is 6.03 Å². The number of aliphatic carboxylic acids is 1. The topological polar surface area (TPSA) is 69.6 Å². The minimum absolute atomic E-state index is 0.378. The molecule has 1 atom stereocenters. The van der Waals surface area contributed by atoms with Gasteiger partial charge in [0.15, 0.2) is 0 Å². The molecule has 1 aromatic rings. The molecule has 1 rings (SSSR count). The third-order valence-corrected chi connectivity index (χ3v) is 3.08. The van der Waals surface area contributed by atoms with Crippen molar-refractivity contribution in [2.75, 3.05) is 11.4 Å². The van der Waals surface area contributed by atoms with Gasteiger partial charge in [0.2, 0.25) is 0 Å². The number of aryl methyl sites for hydroxylation is 1. The van der Waals surface area contributed by atoms with E-state index in [1.165, 1.54) is 4.90 Å². The molecule has 0 fully saturated rings. The van der Waals surface area contributed by atoms with E-state index < -0.39 is 12.0 Å². The largest absolute Gasteiger partial charge is 0.480 e. The van der Waals surface area contributed by atoms with Gasteiger partial charge in [0, 0.05) is 12.2 Å². The standard InChI is InChI=1S/C15H22N2O3/c1-4-6-13(14(18)19)16-15(20)17(5-2)12-9-7-11(3)8-10-12/h7-10,13H,4-6H2,1-3H3,(H,16,20)(H,18,19)/t13-/m1/s1. The highest BCUT2D eigenvalue weighted by Gasteiger charge is 2.22. The number of carbonyl (C=O) groups is 2. The van der Waals surface area contributed by atoms with Gasteiger partial charge in [0.25, 0.3) is 0 Å². The highest BCUT2D eigenvalue weighted by molar-refractivity contribution is 5.94. The summed E-state index contributed by atoms with van der Waals surface area (Å²) in [7, 11) is 0. The van der Waals surface area contributed by atoms with Gasteiger partial charge >= 0.3 is 12.0 Å². The number of hydrogen-bond acceptors (Lipinski definition) is 2. The quantitative estimate of drug-likeness (QED) is 0.840. The van der Waals surface area contributed by atoms with Crippen molar-refractivity contribution in [2.24, 2.45) is 0 Å². The predicted octanol–water partition coefficient (Wildman–Crippen LogP) is 2.78. The first-order valence-electron chi connectivity index (χ1n) is 6.87. The second-order valence-corrected chi connectivity index (χ2v) is 4.71. The molecular formula is C15H22N2O3. The van der Waals surface area contributed by atoms with Crippen molar-refractivity contribution >= 4 is 17.7 Å². The van der Waals surface area contributed by atoms with E-state index in [2.05, 4.69) is 5.32 Å². The number of nitrogens with zero attached hydrogens (tertiary/aromatic N) is 1. The number of carboxylic acid groups (broad SMARTS) is 1. The molecule has 0 spiro atoms. The molecule has 5 heteroatoms. The first kappa shape index (κ1) is 16.0. The van der Waals surface area contributed by atoms with E-state index in [4.69, 9.17) is 5.11 Å². The van der Waals surface area contributed by atoms with Crippen LogP contribution in [0.2, 0.25) is 0 Å². The molecule has 0 aliphatic rings. The summed E-state index contributed by atoms with van der Waals surface area (Å²) in [6.07, 6.45) is 1.13. The van der Waals surface area contributed by atoms with Gasteiger partial charge in [0.1, 0.15) is 6.04 Å². The van der Waals surface area contributed by atoms with Crippen molar-refractivity contribution in [1.82, 2.24) is 5.32 Å². The minimum atomic E-state index is -1.000. The summed E-state index contributed by atoms with van der Waals surface area (Å²) in [4.78, 5) is 24.8. The van der Waals surface area contributed by atoms with E-state index in [1.54, 1.807) is 0 Å². The van der Waals surface area contributed by atoms with E-state index in [0.29, 0.717) is 19.4 Å². The molecule has 20 heavy (non-hydrogen) atoms. The van der Waals surface area contributed by atoms with Crippen LogP contribution in [-0.4, -0.2) is 29.7 Å². The zero-order valence-corrected chi connectivity index (χ0v) is 12.2. The Balaban J connectivity index is 2.81. The van der Waals surface area contributed by atoms with Gasteiger partial charge in [-0.3, -0.25) is 4.90 Å². The lowest BCUT2D eigenvalue weighted by molar-refractivity contribution is -0.139. The van der Waals surface area contributed by atoms with Gasteiger partial charge in [-0.05, 0) is 32.4 Å². The number of anilines is 1. The Hall–Kier alpha value is -2.04. The number of carbonyl (C=O) groups excluding carboxylic acids is 1. The average Bonchev–Trinajstić information content (AvgIpc) is 2.41. The molecule has 5 nitrogen and oxygen atoms in total. The lowest BCUT2D eigenvalue weighted by Gasteiger charge is -2.24. The van der Waals surface area contributed by atoms with Crippen LogP contribution in [0.5, 0.6) is 0 Å². The molecule has 0 aromatic heterocycles. The highest BCUT2D eigenvalue weighted by Crippen LogP contribution is 2.15. The number of rotatable bonds is 6. The maximum absolute atomic E-state index is 12.2. The van der Waals surface area contributed by atoms with E-state index in [9.17, 15) is 9.59 Å². The maximum Gasteiger partial charge on any atom is 0.326 e. The number of hydrogen-bond donors (Lipinski definition) is 2. The van der Waals surface area contributed by atoms with Crippen LogP contribution < -0.4 is 10.2 Å². The van der Waals surface area contributed by atoms with Gasteiger partial charge in [-0.1, -0.05) is 31.0 Å². The van der Waals surface area contributed by atoms with Gasteiger partial charge in [0.05, 0.1) is 0 Å². The maximum atomic E-state index is 12.2. The molecule has 2 amide bonds. The fraction of sp³-hybridized carbons (Fsp3) is 0.467. The molecule has 0 radical (unpaired) electrons. The summed E-state index contributed by atoms with van der Waals surface area (Å²) in [5, 5.41) is 11.7. The van der Waals surface area contributed by atoms with Crippen LogP contribution in [0.3, 0.4) is 0 Å². The number of carboxylic acids is 1. The predicted molar refractivity (Wildman–Crippen MR) is 79.1 cm³/mol. The van der Waals surface area contributed by atoms with Crippen molar-refractivity contribution in [3.63, 3.8) is 0 Å². The monoisotopic (exact) mass is 278 g/mol. The van der Waals surface area contributed by atoms with Gasteiger partial charge in [-0.15, -0.1) is 0 Å². The first-order chi connectivity index (χ1) is 9.49. The molecular weight excluding hydrogens is 256 g/mol. The summed E-state index contributed by atoms with van der Waals surface area (Å²) in [6, 6.07) is 6.34. The highest BCUT2D eigenvalue weighted by atomic mass is 16.4. The van der Waals surface area contributed by atoms with Crippen LogP contribution in [0.4, 0.5) is 10.5 Å². The molecule has 0 aliphatic carbocycles. The van der Waals surface area contributed by atoms with E-state index in [0.717, 1.165) is 11.3 Å². The molecule has 0 saturated carbocycles. The molecule has 0 unspecified atom stereocenters. The number of amides is 2. The molecule has 0 aliphatic heterocycles. The lowest BCUT2D eigenvalue weighted by Crippen LogP contribution is -2.48. The molecule has 0 saturated heterocycles. The number of benzene rings is 1. The summed E-state index contributed by atoms with van der Waals surface area (Å²) < 4.78 is 0. The zero-order valence-electron chi connectivity index (χ0n) is 12.2. The smallest absolute Gasteiger partial charge is 0.326 e. The van der Waals surface area contributed by atoms with Crippen LogP contribution in [0.1, 0.15) is 32.3 Å². The van der Waals surface area contributed by atoms with Crippen LogP contribution in [0.15, 0.2) is 24.3 Å². The fourth-order valence-electron chi connectivity index (χ4n) is 1.94. The van der Waals surface area contributed by atoms with Crippen molar-refractivity contribution in [2.45, 2.75) is 39.7 Å². The Bertz CT molecular complexity index is 457. The fourth-order valence-corrected chi connectivity index (χ4v) is 1.94. The van der Waals surface area contributed by atoms with Crippen molar-refractivity contribution in [3.8, 4) is 0 Å². The van der Waals surface area contributed by atoms with Gasteiger partial charge in [-0.25, -0.2) is 9.59 Å². The van der Waals surface area contributed by atoms with Crippen LogP contribution in [0.25, 0.3) is 0 Å². The molecule has 1 aromatic carbocycles. The molecule has 110 valence electrons. The Morgan fingerprint density at radius 2 is 1.85 bits per heavy atom. The van der Waals surface area contributed by atoms with Crippen molar-refractivity contribution in [1.29, 1.82) is 0 Å². The van der Waals surface area contributed by atoms with E-state index >= 15 is 0 Å². The molecule has 0 bridgehead atoms. The molecule has 0 heterocycles. The van der Waals surface area contributed by atoms with Crippen LogP contribution in [-0.2, 0) is 4.79 Å². The second-order valence-electron chi connectivity index (χ2n) is 4.71. The third-order valence-electron chi connectivity index (χ3n) is 3.08. The Labute approximate surface area is 119 Å². The van der Waals surface area contributed by atoms with Crippen LogP contribution in [0, 0.1) is 6.92 Å². The first-order valence-corrected chi connectivity index (χ1v) is 6.87. The second kappa shape index (κ2) is 7.53. The average molecular weight is 278 g/mol. The Morgan fingerprint density at radius 3 is 2.30 bits per heavy atom. The van der Waals surface area contributed by atoms with Gasteiger partial charge < -0.3 is 10.4 Å².